The molecule has 0 aromatic heterocycles. The fourth-order valence-corrected chi connectivity index (χ4v) is 2.21. The van der Waals surface area contributed by atoms with Crippen LogP contribution in [0.1, 0.15) is 12.5 Å². The number of carbonyl (C=O) groups excluding carboxylic acids is 2. The van der Waals surface area contributed by atoms with Gasteiger partial charge in [-0.2, -0.15) is 0 Å². The maximum absolute atomic E-state index is 12.9. The Kier molecular flexibility index (Phi) is 8.50. The van der Waals surface area contributed by atoms with E-state index in [9.17, 15) is 14.0 Å². The van der Waals surface area contributed by atoms with Crippen LogP contribution >= 0.6 is 0 Å². The second-order valence-electron chi connectivity index (χ2n) is 5.70. The summed E-state index contributed by atoms with van der Waals surface area (Å²) < 4.78 is 34.3. The number of nitrogens with two attached hydrogens (primary N) is 1. The quantitative estimate of drug-likeness (QED) is 0.352. The third-order valence-corrected chi connectivity index (χ3v) is 3.46. The molecule has 8 heteroatoms. The zero-order valence-corrected chi connectivity index (χ0v) is 15.9. The first-order valence-electron chi connectivity index (χ1n) is 8.89. The van der Waals surface area contributed by atoms with Crippen LogP contribution < -0.4 is 19.9 Å². The summed E-state index contributed by atoms with van der Waals surface area (Å²) in [5, 5.41) is 0. The molecule has 0 spiro atoms. The molecule has 0 heterocycles. The van der Waals surface area contributed by atoms with Gasteiger partial charge in [0.05, 0.1) is 6.61 Å². The van der Waals surface area contributed by atoms with Crippen LogP contribution in [-0.2, 0) is 14.3 Å². The Morgan fingerprint density at radius 2 is 1.72 bits per heavy atom. The lowest BCUT2D eigenvalue weighted by atomic mass is 10.2. The van der Waals surface area contributed by atoms with Gasteiger partial charge in [-0.3, -0.25) is 4.79 Å². The van der Waals surface area contributed by atoms with Gasteiger partial charge in [-0.15, -0.1) is 0 Å². The zero-order valence-electron chi connectivity index (χ0n) is 15.9. The van der Waals surface area contributed by atoms with Crippen molar-refractivity contribution in [2.75, 3.05) is 26.4 Å². The van der Waals surface area contributed by atoms with Crippen LogP contribution in [0.15, 0.2) is 48.5 Å². The van der Waals surface area contributed by atoms with Gasteiger partial charge in [0.15, 0.2) is 18.1 Å². The van der Waals surface area contributed by atoms with Crippen molar-refractivity contribution in [1.82, 2.24) is 0 Å². The number of benzene rings is 2. The van der Waals surface area contributed by atoms with Gasteiger partial charge in [0.1, 0.15) is 24.8 Å². The lowest BCUT2D eigenvalue weighted by Crippen LogP contribution is -2.19. The minimum absolute atomic E-state index is 0.256. The molecule has 0 atom stereocenters. The fourth-order valence-electron chi connectivity index (χ4n) is 2.21. The lowest BCUT2D eigenvalue weighted by Gasteiger charge is -2.13. The summed E-state index contributed by atoms with van der Waals surface area (Å²) in [6.07, 6.45) is 2.71. The Balaban J connectivity index is 1.91. The molecule has 0 bridgehead atoms. The van der Waals surface area contributed by atoms with Crippen LogP contribution in [0.4, 0.5) is 4.39 Å². The maximum atomic E-state index is 12.9. The van der Waals surface area contributed by atoms with E-state index in [-0.39, 0.29) is 19.0 Å². The second-order valence-corrected chi connectivity index (χ2v) is 5.70. The fraction of sp³-hybridized carbons (Fsp3) is 0.238. The van der Waals surface area contributed by atoms with Crippen molar-refractivity contribution in [2.24, 2.45) is 5.73 Å². The number of esters is 1. The van der Waals surface area contributed by atoms with Crippen molar-refractivity contribution in [3.63, 3.8) is 0 Å². The Bertz CT molecular complexity index is 851. The molecule has 1 amide bonds. The molecule has 0 saturated heterocycles. The molecule has 0 saturated carbocycles. The number of hydrogen-bond donors (Lipinski definition) is 1. The van der Waals surface area contributed by atoms with E-state index in [1.165, 1.54) is 36.4 Å². The van der Waals surface area contributed by atoms with Gasteiger partial charge in [0.25, 0.3) is 5.91 Å². The highest BCUT2D eigenvalue weighted by Gasteiger charge is 2.07. The van der Waals surface area contributed by atoms with Gasteiger partial charge in [-0.05, 0) is 55.0 Å². The molecule has 0 aliphatic heterocycles. The van der Waals surface area contributed by atoms with Crippen LogP contribution in [0.25, 0.3) is 6.08 Å². The van der Waals surface area contributed by atoms with Crippen LogP contribution in [0.2, 0.25) is 0 Å². The molecule has 2 aromatic rings. The third kappa shape index (κ3) is 7.92. The highest BCUT2D eigenvalue weighted by molar-refractivity contribution is 5.89. The first kappa shape index (κ1) is 21.7. The first-order valence-corrected chi connectivity index (χ1v) is 8.89. The number of primary amides is 1. The molecule has 0 fully saturated rings. The normalized spacial score (nSPS) is 10.6. The van der Waals surface area contributed by atoms with E-state index in [1.54, 1.807) is 18.2 Å². The summed E-state index contributed by atoms with van der Waals surface area (Å²) in [6, 6.07) is 10.9. The van der Waals surface area contributed by atoms with E-state index in [1.807, 2.05) is 6.92 Å². The number of amides is 1. The van der Waals surface area contributed by atoms with E-state index in [0.29, 0.717) is 29.4 Å². The summed E-state index contributed by atoms with van der Waals surface area (Å²) in [5.41, 5.74) is 5.59. The molecule has 7 nitrogen and oxygen atoms in total. The molecule has 2 rings (SSSR count). The van der Waals surface area contributed by atoms with Crippen molar-refractivity contribution in [2.45, 2.75) is 6.92 Å². The van der Waals surface area contributed by atoms with Gasteiger partial charge in [-0.25, -0.2) is 9.18 Å². The standard InChI is InChI=1S/C21H22FNO6/c1-2-26-19-13-15(4-10-21(25)29-14-20(23)24)3-9-18(19)28-12-11-27-17-7-5-16(22)6-8-17/h3-10,13H,2,11-12,14H2,1H3,(H2,23,24)/b10-4+. The van der Waals surface area contributed by atoms with E-state index in [2.05, 4.69) is 4.74 Å². The summed E-state index contributed by atoms with van der Waals surface area (Å²) in [4.78, 5) is 22.1. The smallest absolute Gasteiger partial charge is 0.331 e. The van der Waals surface area contributed by atoms with Crippen molar-refractivity contribution in [3.05, 3.63) is 59.9 Å². The van der Waals surface area contributed by atoms with Gasteiger partial charge < -0.3 is 24.7 Å². The van der Waals surface area contributed by atoms with Gasteiger partial charge in [0.2, 0.25) is 0 Å². The van der Waals surface area contributed by atoms with E-state index in [0.717, 1.165) is 0 Å². The van der Waals surface area contributed by atoms with Crippen LogP contribution in [-0.4, -0.2) is 38.3 Å². The molecule has 2 N–H and O–H groups in total. The highest BCUT2D eigenvalue weighted by atomic mass is 19.1. The maximum Gasteiger partial charge on any atom is 0.331 e. The topological polar surface area (TPSA) is 97.1 Å². The SMILES string of the molecule is CCOc1cc(/C=C/C(=O)OCC(N)=O)ccc1OCCOc1ccc(F)cc1. The summed E-state index contributed by atoms with van der Waals surface area (Å²) >= 11 is 0. The number of halogens is 1. The minimum atomic E-state index is -0.727. The zero-order chi connectivity index (χ0) is 21.1. The molecule has 29 heavy (non-hydrogen) atoms. The molecule has 0 radical (unpaired) electrons. The summed E-state index contributed by atoms with van der Waals surface area (Å²) in [5.74, 6) is -0.172. The Hall–Kier alpha value is -3.55. The molecule has 154 valence electrons. The molecule has 0 aliphatic rings. The summed E-state index contributed by atoms with van der Waals surface area (Å²) in [7, 11) is 0. The first-order chi connectivity index (χ1) is 14.0. The Morgan fingerprint density at radius 3 is 2.41 bits per heavy atom. The lowest BCUT2D eigenvalue weighted by molar-refractivity contribution is -0.142. The van der Waals surface area contributed by atoms with Crippen molar-refractivity contribution in [3.8, 4) is 17.2 Å². The average molecular weight is 403 g/mol. The number of ether oxygens (including phenoxy) is 4. The van der Waals surface area contributed by atoms with Crippen molar-refractivity contribution < 1.29 is 32.9 Å². The molecule has 0 unspecified atom stereocenters. The van der Waals surface area contributed by atoms with E-state index >= 15 is 0 Å². The van der Waals surface area contributed by atoms with Crippen molar-refractivity contribution >= 4 is 18.0 Å². The van der Waals surface area contributed by atoms with E-state index in [4.69, 9.17) is 19.9 Å². The second kappa shape index (κ2) is 11.3. The predicted molar refractivity (Wildman–Crippen MR) is 104 cm³/mol. The minimum Gasteiger partial charge on any atom is -0.490 e. The number of hydrogen-bond acceptors (Lipinski definition) is 6. The molecule has 0 aliphatic carbocycles. The van der Waals surface area contributed by atoms with Gasteiger partial charge in [0, 0.05) is 6.08 Å². The Morgan fingerprint density at radius 1 is 1.00 bits per heavy atom. The molecule has 2 aromatic carbocycles. The van der Waals surface area contributed by atoms with Crippen molar-refractivity contribution in [1.29, 1.82) is 0 Å². The largest absolute Gasteiger partial charge is 0.490 e. The predicted octanol–water partition coefficient (Wildman–Crippen LogP) is 2.72. The van der Waals surface area contributed by atoms with E-state index < -0.39 is 18.5 Å². The highest BCUT2D eigenvalue weighted by Crippen LogP contribution is 2.29. The van der Waals surface area contributed by atoms with Gasteiger partial charge in [-0.1, -0.05) is 6.07 Å². The average Bonchev–Trinajstić information content (AvgIpc) is 2.70. The van der Waals surface area contributed by atoms with Crippen LogP contribution in [0.3, 0.4) is 0 Å². The monoisotopic (exact) mass is 403 g/mol. The summed E-state index contributed by atoms with van der Waals surface area (Å²) in [6.45, 7) is 2.32. The Labute approximate surface area is 167 Å². The van der Waals surface area contributed by atoms with Crippen LogP contribution in [0.5, 0.6) is 17.2 Å². The molecular weight excluding hydrogens is 381 g/mol. The number of rotatable bonds is 11. The number of carbonyl (C=O) groups is 2. The molecular formula is C21H22FNO6. The van der Waals surface area contributed by atoms with Gasteiger partial charge >= 0.3 is 5.97 Å². The third-order valence-electron chi connectivity index (χ3n) is 3.46. The van der Waals surface area contributed by atoms with Crippen LogP contribution in [0, 0.1) is 5.82 Å².